The van der Waals surface area contributed by atoms with Crippen molar-refractivity contribution in [2.75, 3.05) is 18.4 Å². The lowest BCUT2D eigenvalue weighted by Crippen LogP contribution is -2.38. The van der Waals surface area contributed by atoms with Crippen LogP contribution in [0.1, 0.15) is 24.1 Å². The van der Waals surface area contributed by atoms with E-state index in [1.807, 2.05) is 65.7 Å². The molecule has 4 rings (SSSR count). The van der Waals surface area contributed by atoms with Gasteiger partial charge in [0.2, 0.25) is 5.91 Å². The number of pyridine rings is 1. The Bertz CT molecular complexity index is 965. The van der Waals surface area contributed by atoms with Gasteiger partial charge in [0.1, 0.15) is 11.6 Å². The van der Waals surface area contributed by atoms with Crippen LogP contribution in [0.15, 0.2) is 73.2 Å². The maximum absolute atomic E-state index is 12.4. The minimum absolute atomic E-state index is 0.0852. The van der Waals surface area contributed by atoms with Crippen LogP contribution < -0.4 is 5.32 Å². The van der Waals surface area contributed by atoms with Crippen LogP contribution in [0.3, 0.4) is 0 Å². The maximum Gasteiger partial charge on any atom is 0.246 e. The highest BCUT2D eigenvalue weighted by Gasteiger charge is 2.22. The Morgan fingerprint density at radius 2 is 1.77 bits per heavy atom. The zero-order valence-electron chi connectivity index (χ0n) is 16.8. The molecule has 1 aliphatic heterocycles. The first-order valence-electron chi connectivity index (χ1n) is 10.3. The number of hydrogen-bond donors (Lipinski definition) is 1. The van der Waals surface area contributed by atoms with Gasteiger partial charge in [0, 0.05) is 25.4 Å². The third-order valence-electron chi connectivity index (χ3n) is 5.27. The van der Waals surface area contributed by atoms with Gasteiger partial charge in [0.15, 0.2) is 0 Å². The highest BCUT2D eigenvalue weighted by molar-refractivity contribution is 5.91. The number of nitrogens with zero attached hydrogens (tertiary/aromatic N) is 4. The van der Waals surface area contributed by atoms with Gasteiger partial charge in [-0.25, -0.2) is 9.97 Å². The molecule has 0 spiro atoms. The van der Waals surface area contributed by atoms with E-state index in [-0.39, 0.29) is 5.91 Å². The number of likely N-dealkylation sites (tertiary alicyclic amines) is 1. The molecule has 0 unspecified atom stereocenters. The van der Waals surface area contributed by atoms with E-state index in [1.54, 1.807) is 18.5 Å². The predicted octanol–water partition coefficient (Wildman–Crippen LogP) is 4.11. The summed E-state index contributed by atoms with van der Waals surface area (Å²) in [4.78, 5) is 27.6. The Morgan fingerprint density at radius 1 is 0.967 bits per heavy atom. The number of anilines is 2. The first kappa shape index (κ1) is 19.8. The number of carbonyl (C=O) groups excluding carboxylic acids is 1. The van der Waals surface area contributed by atoms with E-state index in [9.17, 15) is 4.79 Å². The largest absolute Gasteiger partial charge is 0.339 e. The van der Waals surface area contributed by atoms with Crippen molar-refractivity contribution in [1.82, 2.24) is 19.9 Å². The summed E-state index contributed by atoms with van der Waals surface area (Å²) in [5.74, 6) is 2.04. The SMILES string of the molecule is O=C(C=Cc1ccccc1)N1CCC(Cc2cnc(Nc3ccccn3)cn2)CC1. The van der Waals surface area contributed by atoms with E-state index in [0.29, 0.717) is 11.7 Å². The zero-order chi connectivity index (χ0) is 20.6. The average Bonchev–Trinajstić information content (AvgIpc) is 2.81. The number of amides is 1. The van der Waals surface area contributed by atoms with E-state index in [4.69, 9.17) is 0 Å². The van der Waals surface area contributed by atoms with Crippen LogP contribution in [-0.2, 0) is 11.2 Å². The average molecular weight is 399 g/mol. The second kappa shape index (κ2) is 9.78. The zero-order valence-corrected chi connectivity index (χ0v) is 16.8. The van der Waals surface area contributed by atoms with Crippen LogP contribution >= 0.6 is 0 Å². The molecule has 0 aliphatic carbocycles. The molecule has 1 amide bonds. The van der Waals surface area contributed by atoms with E-state index < -0.39 is 0 Å². The molecular weight excluding hydrogens is 374 g/mol. The fourth-order valence-electron chi connectivity index (χ4n) is 3.58. The van der Waals surface area contributed by atoms with Crippen LogP contribution in [-0.4, -0.2) is 38.8 Å². The summed E-state index contributed by atoms with van der Waals surface area (Å²) in [7, 11) is 0. The molecule has 0 saturated carbocycles. The van der Waals surface area contributed by atoms with Gasteiger partial charge in [-0.2, -0.15) is 0 Å². The molecule has 30 heavy (non-hydrogen) atoms. The third kappa shape index (κ3) is 5.50. The quantitative estimate of drug-likeness (QED) is 0.632. The Kier molecular flexibility index (Phi) is 6.44. The highest BCUT2D eigenvalue weighted by Crippen LogP contribution is 2.21. The Labute approximate surface area is 176 Å². The van der Waals surface area contributed by atoms with E-state index in [0.717, 1.165) is 49.4 Å². The smallest absolute Gasteiger partial charge is 0.246 e. The Balaban J connectivity index is 1.24. The van der Waals surface area contributed by atoms with Gasteiger partial charge < -0.3 is 10.2 Å². The summed E-state index contributed by atoms with van der Waals surface area (Å²) in [5, 5.41) is 3.14. The van der Waals surface area contributed by atoms with E-state index >= 15 is 0 Å². The van der Waals surface area contributed by atoms with Crippen molar-refractivity contribution in [1.29, 1.82) is 0 Å². The lowest BCUT2D eigenvalue weighted by Gasteiger charge is -2.31. The van der Waals surface area contributed by atoms with Crippen LogP contribution in [0.4, 0.5) is 11.6 Å². The summed E-state index contributed by atoms with van der Waals surface area (Å²) >= 11 is 0. The summed E-state index contributed by atoms with van der Waals surface area (Å²) in [6.45, 7) is 1.57. The minimum Gasteiger partial charge on any atom is -0.339 e. The van der Waals surface area contributed by atoms with Crippen molar-refractivity contribution in [3.05, 3.63) is 84.5 Å². The van der Waals surface area contributed by atoms with Crippen molar-refractivity contribution in [2.45, 2.75) is 19.3 Å². The molecule has 6 heteroatoms. The lowest BCUT2D eigenvalue weighted by molar-refractivity contribution is -0.127. The molecule has 152 valence electrons. The first-order chi connectivity index (χ1) is 14.8. The predicted molar refractivity (Wildman–Crippen MR) is 118 cm³/mol. The number of aromatic nitrogens is 3. The summed E-state index contributed by atoms with van der Waals surface area (Å²) < 4.78 is 0. The molecule has 3 aromatic rings. The number of carbonyl (C=O) groups is 1. The number of rotatable bonds is 6. The lowest BCUT2D eigenvalue weighted by atomic mass is 9.92. The first-order valence-corrected chi connectivity index (χ1v) is 10.3. The summed E-state index contributed by atoms with van der Waals surface area (Å²) in [6, 6.07) is 15.6. The molecule has 1 N–H and O–H groups in total. The van der Waals surface area contributed by atoms with Crippen molar-refractivity contribution < 1.29 is 4.79 Å². The highest BCUT2D eigenvalue weighted by atomic mass is 16.2. The van der Waals surface area contributed by atoms with E-state index in [2.05, 4.69) is 20.3 Å². The standard InChI is InChI=1S/C24H25N5O/c30-24(10-9-19-6-2-1-3-7-19)29-14-11-20(12-15-29)16-21-17-27-23(18-26-21)28-22-8-4-5-13-25-22/h1-10,13,17-18,20H,11-12,14-16H2,(H,25,27,28). The fourth-order valence-corrected chi connectivity index (χ4v) is 3.58. The molecule has 2 aromatic heterocycles. The van der Waals surface area contributed by atoms with Gasteiger partial charge in [-0.3, -0.25) is 9.78 Å². The molecule has 1 aliphatic rings. The van der Waals surface area contributed by atoms with Crippen LogP contribution in [0.5, 0.6) is 0 Å². The number of piperidine rings is 1. The third-order valence-corrected chi connectivity index (χ3v) is 5.27. The van der Waals surface area contributed by atoms with Crippen LogP contribution in [0.25, 0.3) is 6.08 Å². The van der Waals surface area contributed by atoms with Crippen molar-refractivity contribution >= 4 is 23.6 Å². The monoisotopic (exact) mass is 399 g/mol. The topological polar surface area (TPSA) is 71.0 Å². The van der Waals surface area contributed by atoms with Crippen LogP contribution in [0, 0.1) is 5.92 Å². The van der Waals surface area contributed by atoms with Crippen LogP contribution in [0.2, 0.25) is 0 Å². The molecule has 0 atom stereocenters. The molecule has 0 radical (unpaired) electrons. The second-order valence-corrected chi connectivity index (χ2v) is 7.45. The van der Waals surface area contributed by atoms with Gasteiger partial charge in [-0.15, -0.1) is 0 Å². The summed E-state index contributed by atoms with van der Waals surface area (Å²) in [6.07, 6.45) is 11.7. The molecule has 1 fully saturated rings. The molecular formula is C24H25N5O. The molecule has 1 aromatic carbocycles. The number of hydrogen-bond acceptors (Lipinski definition) is 5. The van der Waals surface area contributed by atoms with Gasteiger partial charge >= 0.3 is 0 Å². The fraction of sp³-hybridized carbons (Fsp3) is 0.250. The normalized spacial score (nSPS) is 14.7. The maximum atomic E-state index is 12.4. The Hall–Kier alpha value is -3.54. The molecule has 0 bridgehead atoms. The molecule has 3 heterocycles. The van der Waals surface area contributed by atoms with E-state index in [1.165, 1.54) is 0 Å². The molecule has 1 saturated heterocycles. The molecule has 6 nitrogen and oxygen atoms in total. The van der Waals surface area contributed by atoms with Gasteiger partial charge in [-0.1, -0.05) is 36.4 Å². The minimum atomic E-state index is 0.0852. The van der Waals surface area contributed by atoms with Gasteiger partial charge in [-0.05, 0) is 49.0 Å². The summed E-state index contributed by atoms with van der Waals surface area (Å²) in [5.41, 5.74) is 2.02. The van der Waals surface area contributed by atoms with Crippen molar-refractivity contribution in [3.8, 4) is 0 Å². The van der Waals surface area contributed by atoms with Gasteiger partial charge in [0.25, 0.3) is 0 Å². The number of benzene rings is 1. The second-order valence-electron chi connectivity index (χ2n) is 7.45. The number of nitrogens with one attached hydrogen (secondary N) is 1. The Morgan fingerprint density at radius 3 is 2.47 bits per heavy atom. The van der Waals surface area contributed by atoms with Gasteiger partial charge in [0.05, 0.1) is 18.1 Å². The van der Waals surface area contributed by atoms with Crippen molar-refractivity contribution in [2.24, 2.45) is 5.92 Å². The van der Waals surface area contributed by atoms with Crippen molar-refractivity contribution in [3.63, 3.8) is 0 Å².